The molecule has 1 aromatic heterocycles. The Bertz CT molecular complexity index is 1090. The first kappa shape index (κ1) is 21.8. The van der Waals surface area contributed by atoms with Gasteiger partial charge in [-0.05, 0) is 57.9 Å². The molecule has 1 aliphatic heterocycles. The SMILES string of the molecule is CCOC(=O)C(C)(C)n1cc(NS(=O)(=O)c2ccc3c(c2)CC(C)N3C(C)=O)cn1. The molecule has 3 rings (SSSR count). The average Bonchev–Trinajstić information content (AvgIpc) is 3.24. The molecule has 0 spiro atoms. The van der Waals surface area contributed by atoms with E-state index in [4.69, 9.17) is 4.74 Å². The van der Waals surface area contributed by atoms with Crippen LogP contribution >= 0.6 is 0 Å². The number of benzene rings is 1. The highest BCUT2D eigenvalue weighted by molar-refractivity contribution is 7.92. The summed E-state index contributed by atoms with van der Waals surface area (Å²) < 4.78 is 34.6. The van der Waals surface area contributed by atoms with E-state index in [1.165, 1.54) is 30.1 Å². The molecule has 0 saturated heterocycles. The highest BCUT2D eigenvalue weighted by Crippen LogP contribution is 2.34. The quantitative estimate of drug-likeness (QED) is 0.699. The highest BCUT2D eigenvalue weighted by Gasteiger charge is 2.33. The van der Waals surface area contributed by atoms with E-state index in [9.17, 15) is 18.0 Å². The van der Waals surface area contributed by atoms with E-state index in [2.05, 4.69) is 9.82 Å². The van der Waals surface area contributed by atoms with E-state index < -0.39 is 21.5 Å². The van der Waals surface area contributed by atoms with Crippen LogP contribution in [0.1, 0.15) is 40.2 Å². The minimum atomic E-state index is -3.88. The second kappa shape index (κ2) is 7.75. The molecule has 1 amide bonds. The normalized spacial score (nSPS) is 16.3. The molecule has 1 N–H and O–H groups in total. The summed E-state index contributed by atoms with van der Waals surface area (Å²) in [6.07, 6.45) is 3.37. The predicted molar refractivity (Wildman–Crippen MR) is 112 cm³/mol. The van der Waals surface area contributed by atoms with Gasteiger partial charge in [0.2, 0.25) is 5.91 Å². The van der Waals surface area contributed by atoms with Crippen LogP contribution in [-0.2, 0) is 36.3 Å². The van der Waals surface area contributed by atoms with Crippen molar-refractivity contribution < 1.29 is 22.7 Å². The zero-order valence-electron chi connectivity index (χ0n) is 17.7. The second-order valence-corrected chi connectivity index (χ2v) is 9.47. The fourth-order valence-electron chi connectivity index (χ4n) is 3.55. The molecule has 0 saturated carbocycles. The highest BCUT2D eigenvalue weighted by atomic mass is 32.2. The topological polar surface area (TPSA) is 111 Å². The zero-order valence-corrected chi connectivity index (χ0v) is 18.5. The van der Waals surface area contributed by atoms with Gasteiger partial charge in [-0.15, -0.1) is 0 Å². The maximum Gasteiger partial charge on any atom is 0.333 e. The van der Waals surface area contributed by atoms with Gasteiger partial charge in [0, 0.05) is 18.7 Å². The summed E-state index contributed by atoms with van der Waals surface area (Å²) >= 11 is 0. The number of carbonyl (C=O) groups is 2. The Kier molecular flexibility index (Phi) is 5.64. The average molecular weight is 435 g/mol. The van der Waals surface area contributed by atoms with Crippen molar-refractivity contribution in [1.29, 1.82) is 0 Å². The summed E-state index contributed by atoms with van der Waals surface area (Å²) in [5, 5.41) is 4.11. The van der Waals surface area contributed by atoms with Gasteiger partial charge in [-0.2, -0.15) is 5.10 Å². The predicted octanol–water partition coefficient (Wildman–Crippen LogP) is 2.28. The van der Waals surface area contributed by atoms with Gasteiger partial charge in [-0.3, -0.25) is 14.2 Å². The van der Waals surface area contributed by atoms with Crippen LogP contribution < -0.4 is 9.62 Å². The molecule has 0 fully saturated rings. The summed E-state index contributed by atoms with van der Waals surface area (Å²) in [6.45, 7) is 8.64. The first-order chi connectivity index (χ1) is 14.0. The number of hydrogen-bond donors (Lipinski definition) is 1. The Balaban J connectivity index is 1.84. The largest absolute Gasteiger partial charge is 0.464 e. The molecule has 1 atom stereocenters. The number of nitrogens with zero attached hydrogens (tertiary/aromatic N) is 3. The number of fused-ring (bicyclic) bond motifs is 1. The molecule has 2 heterocycles. The lowest BCUT2D eigenvalue weighted by Crippen LogP contribution is -2.37. The van der Waals surface area contributed by atoms with Crippen LogP contribution in [-0.4, -0.2) is 42.7 Å². The van der Waals surface area contributed by atoms with Crippen LogP contribution in [0, 0.1) is 0 Å². The molecular weight excluding hydrogens is 408 g/mol. The monoisotopic (exact) mass is 434 g/mol. The number of hydrogen-bond acceptors (Lipinski definition) is 6. The molecule has 0 aliphatic carbocycles. The second-order valence-electron chi connectivity index (χ2n) is 7.79. The lowest BCUT2D eigenvalue weighted by Gasteiger charge is -2.22. The van der Waals surface area contributed by atoms with Crippen molar-refractivity contribution in [2.75, 3.05) is 16.2 Å². The Labute approximate surface area is 176 Å². The maximum atomic E-state index is 12.9. The van der Waals surface area contributed by atoms with Crippen LogP contribution in [0.4, 0.5) is 11.4 Å². The van der Waals surface area contributed by atoms with Crippen molar-refractivity contribution in [3.8, 4) is 0 Å². The molecule has 1 unspecified atom stereocenters. The number of rotatable bonds is 6. The number of ether oxygens (including phenoxy) is 1. The smallest absolute Gasteiger partial charge is 0.333 e. The van der Waals surface area contributed by atoms with E-state index in [1.54, 1.807) is 37.8 Å². The first-order valence-electron chi connectivity index (χ1n) is 9.65. The third-order valence-corrected chi connectivity index (χ3v) is 6.48. The van der Waals surface area contributed by atoms with Gasteiger partial charge in [-0.25, -0.2) is 13.2 Å². The van der Waals surface area contributed by atoms with Crippen molar-refractivity contribution in [3.05, 3.63) is 36.2 Å². The van der Waals surface area contributed by atoms with Crippen molar-refractivity contribution in [1.82, 2.24) is 9.78 Å². The van der Waals surface area contributed by atoms with E-state index in [0.29, 0.717) is 6.42 Å². The fourth-order valence-corrected chi connectivity index (χ4v) is 4.63. The molecule has 30 heavy (non-hydrogen) atoms. The van der Waals surface area contributed by atoms with Gasteiger partial charge in [0.05, 0.1) is 29.6 Å². The summed E-state index contributed by atoms with van der Waals surface area (Å²) in [5.41, 5.74) is 0.684. The molecule has 1 aromatic carbocycles. The number of nitrogens with one attached hydrogen (secondary N) is 1. The van der Waals surface area contributed by atoms with Crippen LogP contribution in [0.25, 0.3) is 0 Å². The molecule has 0 radical (unpaired) electrons. The van der Waals surface area contributed by atoms with Gasteiger partial charge in [0.1, 0.15) is 0 Å². The minimum absolute atomic E-state index is 0.0215. The molecule has 10 heteroatoms. The Morgan fingerprint density at radius 3 is 2.67 bits per heavy atom. The summed E-state index contributed by atoms with van der Waals surface area (Å²) in [6, 6.07) is 4.70. The number of amides is 1. The Morgan fingerprint density at radius 1 is 1.33 bits per heavy atom. The summed E-state index contributed by atoms with van der Waals surface area (Å²) in [7, 11) is -3.88. The van der Waals surface area contributed by atoms with Gasteiger partial charge >= 0.3 is 5.97 Å². The van der Waals surface area contributed by atoms with Gasteiger partial charge in [0.25, 0.3) is 10.0 Å². The minimum Gasteiger partial charge on any atom is -0.464 e. The fraction of sp³-hybridized carbons (Fsp3) is 0.450. The van der Waals surface area contributed by atoms with Crippen molar-refractivity contribution in [2.45, 2.75) is 57.5 Å². The summed E-state index contributed by atoms with van der Waals surface area (Å²) in [5.74, 6) is -0.545. The standard InChI is InChI=1S/C20H26N4O5S/c1-6-29-19(26)20(4,5)23-12-16(11-21-23)22-30(27,28)17-7-8-18-15(10-17)9-13(2)24(18)14(3)25/h7-8,10-13,22H,6,9H2,1-5H3. The number of carbonyl (C=O) groups excluding carboxylic acids is 2. The van der Waals surface area contributed by atoms with Gasteiger partial charge < -0.3 is 9.64 Å². The zero-order chi connectivity index (χ0) is 22.3. The van der Waals surface area contributed by atoms with E-state index in [-0.39, 0.29) is 29.1 Å². The summed E-state index contributed by atoms with van der Waals surface area (Å²) in [4.78, 5) is 25.8. The van der Waals surface area contributed by atoms with Gasteiger partial charge in [0.15, 0.2) is 5.54 Å². The maximum absolute atomic E-state index is 12.9. The molecule has 162 valence electrons. The van der Waals surface area contributed by atoms with Crippen LogP contribution in [0.5, 0.6) is 0 Å². The third kappa shape index (κ3) is 3.91. The van der Waals surface area contributed by atoms with E-state index in [1.807, 2.05) is 6.92 Å². The number of aromatic nitrogens is 2. The lowest BCUT2D eigenvalue weighted by molar-refractivity contribution is -0.152. The molecule has 0 bridgehead atoms. The Morgan fingerprint density at radius 2 is 2.03 bits per heavy atom. The van der Waals surface area contributed by atoms with E-state index >= 15 is 0 Å². The molecular formula is C20H26N4O5S. The van der Waals surface area contributed by atoms with Gasteiger partial charge in [-0.1, -0.05) is 0 Å². The van der Waals surface area contributed by atoms with Crippen LogP contribution in [0.15, 0.2) is 35.5 Å². The van der Waals surface area contributed by atoms with Crippen molar-refractivity contribution >= 4 is 33.3 Å². The lowest BCUT2D eigenvalue weighted by atomic mass is 10.1. The number of anilines is 2. The molecule has 2 aromatic rings. The van der Waals surface area contributed by atoms with Crippen LogP contribution in [0.2, 0.25) is 0 Å². The van der Waals surface area contributed by atoms with Crippen LogP contribution in [0.3, 0.4) is 0 Å². The van der Waals surface area contributed by atoms with Crippen molar-refractivity contribution in [2.24, 2.45) is 0 Å². The van der Waals surface area contributed by atoms with E-state index in [0.717, 1.165) is 11.3 Å². The van der Waals surface area contributed by atoms with Crippen molar-refractivity contribution in [3.63, 3.8) is 0 Å². The third-order valence-electron chi connectivity index (χ3n) is 5.10. The number of sulfonamides is 1. The Hall–Kier alpha value is -2.88. The molecule has 9 nitrogen and oxygen atoms in total. The first-order valence-corrected chi connectivity index (χ1v) is 11.1. The molecule has 1 aliphatic rings. The number of esters is 1.